The van der Waals surface area contributed by atoms with Gasteiger partial charge in [-0.25, -0.2) is 4.68 Å². The maximum atomic E-state index is 13.5. The molecule has 1 amide bonds. The summed E-state index contributed by atoms with van der Waals surface area (Å²) >= 11 is 0. The van der Waals surface area contributed by atoms with E-state index in [0.29, 0.717) is 25.9 Å². The SMILES string of the molecule is CO[C@@H]1CCC[C@@H](C(=O)N2CCC([C@@H]3C[C@H](C(F)(F)F)n4ncnc4N3)CC2)C1. The monoisotopic (exact) mass is 415 g/mol. The molecule has 4 atom stereocenters. The number of rotatable bonds is 3. The molecule has 0 unspecified atom stereocenters. The second-order valence-electron chi connectivity index (χ2n) is 8.46. The van der Waals surface area contributed by atoms with E-state index in [1.165, 1.54) is 0 Å². The van der Waals surface area contributed by atoms with Gasteiger partial charge < -0.3 is 15.0 Å². The molecule has 0 radical (unpaired) electrons. The van der Waals surface area contributed by atoms with Crippen molar-refractivity contribution in [3.63, 3.8) is 0 Å². The molecule has 0 aromatic carbocycles. The minimum absolute atomic E-state index is 0.00576. The Bertz CT molecular complexity index is 717. The van der Waals surface area contributed by atoms with Crippen molar-refractivity contribution in [2.75, 3.05) is 25.5 Å². The third kappa shape index (κ3) is 4.22. The molecule has 1 saturated carbocycles. The molecule has 3 aliphatic rings. The number of nitrogens with one attached hydrogen (secondary N) is 1. The molecule has 1 N–H and O–H groups in total. The molecule has 4 rings (SSSR count). The molecule has 2 fully saturated rings. The van der Waals surface area contributed by atoms with Gasteiger partial charge in [0.05, 0.1) is 6.10 Å². The fourth-order valence-electron chi connectivity index (χ4n) is 5.09. The molecular weight excluding hydrogens is 387 g/mol. The molecule has 1 saturated heterocycles. The number of nitrogens with zero attached hydrogens (tertiary/aromatic N) is 4. The first kappa shape index (κ1) is 20.4. The summed E-state index contributed by atoms with van der Waals surface area (Å²) in [6, 6.07) is -1.97. The van der Waals surface area contributed by atoms with Gasteiger partial charge in [-0.05, 0) is 44.4 Å². The molecular formula is C19H28F3N5O2. The fourth-order valence-corrected chi connectivity index (χ4v) is 5.09. The molecule has 1 aliphatic carbocycles. The van der Waals surface area contributed by atoms with Crippen LogP contribution >= 0.6 is 0 Å². The predicted octanol–water partition coefficient (Wildman–Crippen LogP) is 3.01. The lowest BCUT2D eigenvalue weighted by Crippen LogP contribution is -2.48. The van der Waals surface area contributed by atoms with E-state index in [0.717, 1.165) is 36.7 Å². The Labute approximate surface area is 168 Å². The number of hydrogen-bond donors (Lipinski definition) is 1. The van der Waals surface area contributed by atoms with Gasteiger partial charge in [0.15, 0.2) is 6.04 Å². The number of carbonyl (C=O) groups excluding carboxylic acids is 1. The Kier molecular flexibility index (Phi) is 5.72. The summed E-state index contributed by atoms with van der Waals surface area (Å²) in [6.45, 7) is 1.19. The van der Waals surface area contributed by atoms with Crippen LogP contribution in [0.4, 0.5) is 19.1 Å². The van der Waals surface area contributed by atoms with Gasteiger partial charge in [-0.15, -0.1) is 0 Å². The van der Waals surface area contributed by atoms with E-state index in [1.807, 2.05) is 4.90 Å². The van der Waals surface area contributed by atoms with E-state index in [9.17, 15) is 18.0 Å². The first-order chi connectivity index (χ1) is 13.9. The van der Waals surface area contributed by atoms with Gasteiger partial charge in [-0.1, -0.05) is 6.42 Å². The van der Waals surface area contributed by atoms with Crippen LogP contribution in [0, 0.1) is 11.8 Å². The van der Waals surface area contributed by atoms with Crippen molar-refractivity contribution in [3.05, 3.63) is 6.33 Å². The predicted molar refractivity (Wildman–Crippen MR) is 99.2 cm³/mol. The second-order valence-corrected chi connectivity index (χ2v) is 8.46. The molecule has 162 valence electrons. The number of halogens is 3. The zero-order valence-electron chi connectivity index (χ0n) is 16.6. The summed E-state index contributed by atoms with van der Waals surface area (Å²) < 4.78 is 46.8. The number of alkyl halides is 3. The second kappa shape index (κ2) is 8.12. The lowest BCUT2D eigenvalue weighted by Gasteiger charge is -2.41. The molecule has 1 aromatic rings. The molecule has 29 heavy (non-hydrogen) atoms. The third-order valence-corrected chi connectivity index (χ3v) is 6.77. The van der Waals surface area contributed by atoms with E-state index in [1.54, 1.807) is 7.11 Å². The van der Waals surface area contributed by atoms with Crippen molar-refractivity contribution < 1.29 is 22.7 Å². The smallest absolute Gasteiger partial charge is 0.381 e. The molecule has 10 heteroatoms. The van der Waals surface area contributed by atoms with Crippen LogP contribution < -0.4 is 5.32 Å². The Morgan fingerprint density at radius 1 is 1.21 bits per heavy atom. The molecule has 3 heterocycles. The van der Waals surface area contributed by atoms with Crippen LogP contribution in [0.1, 0.15) is 51.0 Å². The highest BCUT2D eigenvalue weighted by molar-refractivity contribution is 5.79. The quantitative estimate of drug-likeness (QED) is 0.822. The van der Waals surface area contributed by atoms with Crippen molar-refractivity contribution in [2.45, 2.75) is 69.3 Å². The van der Waals surface area contributed by atoms with Gasteiger partial charge in [0.25, 0.3) is 0 Å². The van der Waals surface area contributed by atoms with E-state index < -0.39 is 12.2 Å². The van der Waals surface area contributed by atoms with Crippen molar-refractivity contribution in [1.82, 2.24) is 19.7 Å². The first-order valence-corrected chi connectivity index (χ1v) is 10.4. The molecule has 0 spiro atoms. The summed E-state index contributed by atoms with van der Waals surface area (Å²) in [7, 11) is 1.69. The highest BCUT2D eigenvalue weighted by atomic mass is 19.4. The van der Waals surface area contributed by atoms with E-state index in [2.05, 4.69) is 15.4 Å². The largest absolute Gasteiger partial charge is 0.411 e. The van der Waals surface area contributed by atoms with Gasteiger partial charge in [-0.2, -0.15) is 23.3 Å². The number of fused-ring (bicyclic) bond motifs is 1. The van der Waals surface area contributed by atoms with Gasteiger partial charge in [-0.3, -0.25) is 4.79 Å². The van der Waals surface area contributed by atoms with Crippen LogP contribution in [0.15, 0.2) is 6.33 Å². The number of carbonyl (C=O) groups is 1. The van der Waals surface area contributed by atoms with Crippen molar-refractivity contribution in [1.29, 1.82) is 0 Å². The summed E-state index contributed by atoms with van der Waals surface area (Å²) in [5.41, 5.74) is 0. The molecule has 0 bridgehead atoms. The minimum Gasteiger partial charge on any atom is -0.381 e. The Hall–Kier alpha value is -1.84. The highest BCUT2D eigenvalue weighted by Gasteiger charge is 2.48. The van der Waals surface area contributed by atoms with Crippen LogP contribution in [-0.4, -0.2) is 64.1 Å². The van der Waals surface area contributed by atoms with Crippen LogP contribution in [0.2, 0.25) is 0 Å². The summed E-state index contributed by atoms with van der Waals surface area (Å²) in [6.07, 6.45) is 1.94. The third-order valence-electron chi connectivity index (χ3n) is 6.77. The van der Waals surface area contributed by atoms with E-state index >= 15 is 0 Å². The molecule has 1 aromatic heterocycles. The Balaban J connectivity index is 1.36. The average Bonchev–Trinajstić information content (AvgIpc) is 3.20. The van der Waals surface area contributed by atoms with Gasteiger partial charge in [0.2, 0.25) is 11.9 Å². The highest BCUT2D eigenvalue weighted by Crippen LogP contribution is 2.41. The number of anilines is 1. The zero-order valence-corrected chi connectivity index (χ0v) is 16.6. The number of hydrogen-bond acceptors (Lipinski definition) is 5. The summed E-state index contributed by atoms with van der Waals surface area (Å²) in [5.74, 6) is 0.434. The van der Waals surface area contributed by atoms with Crippen LogP contribution in [0.3, 0.4) is 0 Å². The normalized spacial score (nSPS) is 31.2. The van der Waals surface area contributed by atoms with E-state index in [-0.39, 0.29) is 42.3 Å². The average molecular weight is 415 g/mol. The first-order valence-electron chi connectivity index (χ1n) is 10.4. The standard InChI is InChI=1S/C19H28F3N5O2/c1-29-14-4-2-3-13(9-14)17(28)26-7-5-12(6-8-26)15-10-16(19(20,21)22)27-18(25-15)23-11-24-27/h11-16H,2-10H2,1H3,(H,23,24,25)/t13-,14-,15+,16-/m1/s1. The van der Waals surface area contributed by atoms with Crippen LogP contribution in [0.25, 0.3) is 0 Å². The van der Waals surface area contributed by atoms with Gasteiger partial charge >= 0.3 is 6.18 Å². The maximum absolute atomic E-state index is 13.5. The number of aromatic nitrogens is 3. The van der Waals surface area contributed by atoms with E-state index in [4.69, 9.17) is 4.74 Å². The van der Waals surface area contributed by atoms with Crippen LogP contribution in [0.5, 0.6) is 0 Å². The lowest BCUT2D eigenvalue weighted by atomic mass is 9.83. The van der Waals surface area contributed by atoms with Crippen molar-refractivity contribution in [3.8, 4) is 0 Å². The topological polar surface area (TPSA) is 72.3 Å². The summed E-state index contributed by atoms with van der Waals surface area (Å²) in [5, 5.41) is 6.88. The van der Waals surface area contributed by atoms with Crippen molar-refractivity contribution >= 4 is 11.9 Å². The fraction of sp³-hybridized carbons (Fsp3) is 0.842. The number of methoxy groups -OCH3 is 1. The molecule has 2 aliphatic heterocycles. The van der Waals surface area contributed by atoms with Gasteiger partial charge in [0.1, 0.15) is 6.33 Å². The van der Waals surface area contributed by atoms with Gasteiger partial charge in [0, 0.05) is 32.2 Å². The number of likely N-dealkylation sites (tertiary alicyclic amines) is 1. The minimum atomic E-state index is -4.36. The number of piperidine rings is 1. The lowest BCUT2D eigenvalue weighted by molar-refractivity contribution is -0.174. The van der Waals surface area contributed by atoms with Crippen LogP contribution in [-0.2, 0) is 9.53 Å². The number of ether oxygens (including phenoxy) is 1. The Morgan fingerprint density at radius 3 is 2.66 bits per heavy atom. The molecule has 7 nitrogen and oxygen atoms in total. The number of amides is 1. The van der Waals surface area contributed by atoms with Crippen molar-refractivity contribution in [2.24, 2.45) is 11.8 Å². The Morgan fingerprint density at radius 2 is 1.97 bits per heavy atom. The maximum Gasteiger partial charge on any atom is 0.411 e. The zero-order chi connectivity index (χ0) is 20.6. The summed E-state index contributed by atoms with van der Waals surface area (Å²) in [4.78, 5) is 18.7.